The molecule has 6 heteroatoms. The monoisotopic (exact) mass is 271 g/mol. The highest BCUT2D eigenvalue weighted by molar-refractivity contribution is 5.74. The van der Waals surface area contributed by atoms with Gasteiger partial charge in [0.05, 0.1) is 13.7 Å². The Morgan fingerprint density at radius 2 is 2.42 bits per heavy atom. The van der Waals surface area contributed by atoms with Gasteiger partial charge in [-0.05, 0) is 19.1 Å². The van der Waals surface area contributed by atoms with Gasteiger partial charge in [-0.3, -0.25) is 4.90 Å². The number of methoxy groups -OCH3 is 1. The number of aryl methyl sites for hydroxylation is 1. The Kier molecular flexibility index (Phi) is 4.55. The lowest BCUT2D eigenvalue weighted by Gasteiger charge is -2.32. The van der Waals surface area contributed by atoms with E-state index in [1.807, 2.05) is 24.0 Å². The largest absolute Gasteiger partial charge is 0.467 e. The topological polar surface area (TPSA) is 51.9 Å². The minimum absolute atomic E-state index is 0.0201. The lowest BCUT2D eigenvalue weighted by molar-refractivity contribution is -0.148. The molecule has 0 spiro atoms. The molecule has 0 aromatic carbocycles. The molecule has 1 aliphatic heterocycles. The summed E-state index contributed by atoms with van der Waals surface area (Å²) in [6.07, 6.45) is -1.84. The number of carbonyl (C=O) groups is 1. The van der Waals surface area contributed by atoms with Crippen LogP contribution in [0.3, 0.4) is 0 Å². The van der Waals surface area contributed by atoms with Gasteiger partial charge < -0.3 is 13.9 Å². The summed E-state index contributed by atoms with van der Waals surface area (Å²) in [6, 6.07) is 3.72. The van der Waals surface area contributed by atoms with Gasteiger partial charge >= 0.3 is 5.97 Å². The van der Waals surface area contributed by atoms with Crippen LogP contribution in [-0.2, 0) is 14.3 Å². The third kappa shape index (κ3) is 3.54. The van der Waals surface area contributed by atoms with Gasteiger partial charge in [-0.25, -0.2) is 9.18 Å². The van der Waals surface area contributed by atoms with Crippen molar-refractivity contribution in [3.05, 3.63) is 23.7 Å². The Hall–Kier alpha value is -1.40. The van der Waals surface area contributed by atoms with Gasteiger partial charge in [0.25, 0.3) is 0 Å². The summed E-state index contributed by atoms with van der Waals surface area (Å²) < 4.78 is 29.0. The van der Waals surface area contributed by atoms with Crippen LogP contribution in [0.1, 0.15) is 17.6 Å². The summed E-state index contributed by atoms with van der Waals surface area (Å²) in [5, 5.41) is 0. The van der Waals surface area contributed by atoms with E-state index in [9.17, 15) is 9.18 Å². The van der Waals surface area contributed by atoms with Crippen molar-refractivity contribution in [3.63, 3.8) is 0 Å². The number of nitrogens with zero attached hydrogens (tertiary/aromatic N) is 1. The molecule has 0 unspecified atom stereocenters. The predicted molar refractivity (Wildman–Crippen MR) is 65.5 cm³/mol. The first-order valence-electron chi connectivity index (χ1n) is 6.22. The molecule has 106 valence electrons. The van der Waals surface area contributed by atoms with E-state index in [-0.39, 0.29) is 12.6 Å². The first kappa shape index (κ1) is 14.0. The number of esters is 1. The van der Waals surface area contributed by atoms with Crippen LogP contribution in [-0.4, -0.2) is 50.4 Å². The minimum Gasteiger partial charge on any atom is -0.467 e. The molecular formula is C13H18FNO4. The highest BCUT2D eigenvalue weighted by Crippen LogP contribution is 2.24. The van der Waals surface area contributed by atoms with E-state index in [4.69, 9.17) is 9.15 Å². The fraction of sp³-hybridized carbons (Fsp3) is 0.615. The number of rotatable bonds is 4. The minimum atomic E-state index is -1.62. The molecule has 19 heavy (non-hydrogen) atoms. The number of carbonyl (C=O) groups excluding carboxylic acids is 1. The van der Waals surface area contributed by atoms with Crippen molar-refractivity contribution in [1.82, 2.24) is 4.90 Å². The molecular weight excluding hydrogens is 253 g/mol. The van der Waals surface area contributed by atoms with Gasteiger partial charge in [0.15, 0.2) is 0 Å². The first-order chi connectivity index (χ1) is 9.10. The van der Waals surface area contributed by atoms with Crippen LogP contribution in [0.2, 0.25) is 0 Å². The van der Waals surface area contributed by atoms with Gasteiger partial charge in [-0.1, -0.05) is 0 Å². The Balaban J connectivity index is 1.92. The highest BCUT2D eigenvalue weighted by atomic mass is 19.1. The van der Waals surface area contributed by atoms with Crippen LogP contribution < -0.4 is 0 Å². The van der Waals surface area contributed by atoms with Crippen LogP contribution in [0.15, 0.2) is 16.5 Å². The van der Waals surface area contributed by atoms with Gasteiger partial charge in [0.2, 0.25) is 6.17 Å². The van der Waals surface area contributed by atoms with Crippen molar-refractivity contribution in [2.45, 2.75) is 19.2 Å². The average molecular weight is 271 g/mol. The Morgan fingerprint density at radius 3 is 3.05 bits per heavy atom. The normalized spacial score (nSPS) is 22.2. The quantitative estimate of drug-likeness (QED) is 0.776. The van der Waals surface area contributed by atoms with Crippen LogP contribution in [0.4, 0.5) is 4.39 Å². The number of halogens is 1. The van der Waals surface area contributed by atoms with E-state index in [1.54, 1.807) is 0 Å². The zero-order valence-electron chi connectivity index (χ0n) is 11.1. The second-order valence-electron chi connectivity index (χ2n) is 4.56. The van der Waals surface area contributed by atoms with Crippen molar-refractivity contribution in [1.29, 1.82) is 0 Å². The van der Waals surface area contributed by atoms with Gasteiger partial charge in [0, 0.05) is 19.6 Å². The number of ether oxygens (including phenoxy) is 2. The van der Waals surface area contributed by atoms with Crippen LogP contribution in [0.25, 0.3) is 0 Å². The third-order valence-corrected chi connectivity index (χ3v) is 3.10. The second-order valence-corrected chi connectivity index (χ2v) is 4.56. The Labute approximate surface area is 111 Å². The number of alkyl halides is 1. The maximum atomic E-state index is 13.5. The smallest absolute Gasteiger partial charge is 0.341 e. The van der Waals surface area contributed by atoms with Crippen LogP contribution >= 0.6 is 0 Å². The fourth-order valence-electron chi connectivity index (χ4n) is 2.10. The lowest BCUT2D eigenvalue weighted by atomic mass is 10.2. The van der Waals surface area contributed by atoms with E-state index in [0.717, 1.165) is 11.5 Å². The lowest BCUT2D eigenvalue weighted by Crippen LogP contribution is -2.43. The van der Waals surface area contributed by atoms with Crippen molar-refractivity contribution >= 4 is 5.97 Å². The summed E-state index contributed by atoms with van der Waals surface area (Å²) in [5.74, 6) is 0.709. The summed E-state index contributed by atoms with van der Waals surface area (Å²) in [5.41, 5.74) is 0. The number of furan rings is 1. The number of morpholine rings is 1. The third-order valence-electron chi connectivity index (χ3n) is 3.10. The molecule has 1 aromatic heterocycles. The summed E-state index contributed by atoms with van der Waals surface area (Å²) in [6.45, 7) is 3.46. The molecule has 0 bridgehead atoms. The second kappa shape index (κ2) is 6.16. The molecule has 5 nitrogen and oxygen atoms in total. The van der Waals surface area contributed by atoms with Crippen LogP contribution in [0.5, 0.6) is 0 Å². The van der Waals surface area contributed by atoms with Gasteiger partial charge in [-0.2, -0.15) is 0 Å². The maximum absolute atomic E-state index is 13.5. The van der Waals surface area contributed by atoms with Gasteiger partial charge in [0.1, 0.15) is 17.6 Å². The van der Waals surface area contributed by atoms with E-state index < -0.39 is 12.1 Å². The standard InChI is InChI=1S/C13H18FNO4/c1-9-3-4-11(19-9)12-8-15(5-6-18-12)7-10(14)13(16)17-2/h3-4,10,12H,5-8H2,1-2H3/t10-,12+/m1/s1. The number of hydrogen-bond acceptors (Lipinski definition) is 5. The molecule has 2 heterocycles. The maximum Gasteiger partial charge on any atom is 0.341 e. The highest BCUT2D eigenvalue weighted by Gasteiger charge is 2.28. The molecule has 0 saturated carbocycles. The molecule has 0 N–H and O–H groups in total. The molecule has 2 atom stereocenters. The van der Waals surface area contributed by atoms with Crippen LogP contribution in [0, 0.1) is 6.92 Å². The van der Waals surface area contributed by atoms with Gasteiger partial charge in [-0.15, -0.1) is 0 Å². The van der Waals surface area contributed by atoms with Crippen molar-refractivity contribution < 1.29 is 23.1 Å². The van der Waals surface area contributed by atoms with Crippen molar-refractivity contribution in [3.8, 4) is 0 Å². The van der Waals surface area contributed by atoms with Crippen molar-refractivity contribution in [2.75, 3.05) is 33.4 Å². The van der Waals surface area contributed by atoms with E-state index in [2.05, 4.69) is 4.74 Å². The molecule has 0 aliphatic carbocycles. The zero-order valence-corrected chi connectivity index (χ0v) is 11.1. The SMILES string of the molecule is COC(=O)[C@H](F)CN1CCO[C@H](c2ccc(C)o2)C1. The summed E-state index contributed by atoms with van der Waals surface area (Å²) in [7, 11) is 1.18. The Morgan fingerprint density at radius 1 is 1.63 bits per heavy atom. The first-order valence-corrected chi connectivity index (χ1v) is 6.22. The summed E-state index contributed by atoms with van der Waals surface area (Å²) in [4.78, 5) is 12.9. The average Bonchev–Trinajstić information content (AvgIpc) is 2.84. The predicted octanol–water partition coefficient (Wildman–Crippen LogP) is 1.47. The molecule has 1 aromatic rings. The fourth-order valence-corrected chi connectivity index (χ4v) is 2.10. The molecule has 1 fully saturated rings. The van der Waals surface area contributed by atoms with Crippen molar-refractivity contribution in [2.24, 2.45) is 0 Å². The molecule has 2 rings (SSSR count). The number of hydrogen-bond donors (Lipinski definition) is 0. The molecule has 1 aliphatic rings. The van der Waals surface area contributed by atoms with E-state index in [0.29, 0.717) is 19.7 Å². The molecule has 1 saturated heterocycles. The molecule has 0 amide bonds. The zero-order chi connectivity index (χ0) is 13.8. The van der Waals surface area contributed by atoms with E-state index >= 15 is 0 Å². The van der Waals surface area contributed by atoms with E-state index in [1.165, 1.54) is 7.11 Å². The molecule has 0 radical (unpaired) electrons. The Bertz CT molecular complexity index is 434. The summed E-state index contributed by atoms with van der Waals surface area (Å²) >= 11 is 0.